The van der Waals surface area contributed by atoms with E-state index in [2.05, 4.69) is 33.2 Å². The Morgan fingerprint density at radius 3 is 2.91 bits per heavy atom. The summed E-state index contributed by atoms with van der Waals surface area (Å²) in [5, 5.41) is 14.7. The van der Waals surface area contributed by atoms with Crippen LogP contribution in [-0.2, 0) is 11.3 Å². The number of halogens is 1. The Bertz CT molecular complexity index is 730. The van der Waals surface area contributed by atoms with Gasteiger partial charge in [0.2, 0.25) is 0 Å². The monoisotopic (exact) mass is 407 g/mol. The number of rotatable bonds is 5. The van der Waals surface area contributed by atoms with Crippen molar-refractivity contribution in [3.8, 4) is 6.07 Å². The molecule has 0 saturated carbocycles. The van der Waals surface area contributed by atoms with Crippen molar-refractivity contribution in [1.29, 1.82) is 5.26 Å². The number of aryl methyl sites for hydroxylation is 1. The average molecular weight is 407 g/mol. The maximum Gasteiger partial charge on any atom is 0.263 e. The Morgan fingerprint density at radius 2 is 2.27 bits per heavy atom. The minimum Gasteiger partial charge on any atom is -0.467 e. The predicted molar refractivity (Wildman–Crippen MR) is 91.8 cm³/mol. The lowest BCUT2D eigenvalue weighted by Gasteiger charge is -2.07. The van der Waals surface area contributed by atoms with Crippen molar-refractivity contribution in [3.63, 3.8) is 0 Å². The van der Waals surface area contributed by atoms with Crippen LogP contribution in [0.25, 0.3) is 0 Å². The summed E-state index contributed by atoms with van der Waals surface area (Å²) < 4.78 is 6.25. The van der Waals surface area contributed by atoms with Crippen LogP contribution in [-0.4, -0.2) is 5.91 Å². The SMILES string of the molecule is Cc1cc(I)ccc1N/C=C(/C#N)C(=O)NCc1ccco1. The van der Waals surface area contributed by atoms with Crippen molar-refractivity contribution in [1.82, 2.24) is 5.32 Å². The highest BCUT2D eigenvalue weighted by Gasteiger charge is 2.09. The van der Waals surface area contributed by atoms with Crippen LogP contribution in [0.2, 0.25) is 0 Å². The Hall–Kier alpha value is -2.27. The van der Waals surface area contributed by atoms with Crippen molar-refractivity contribution in [2.75, 3.05) is 5.32 Å². The van der Waals surface area contributed by atoms with Gasteiger partial charge in [-0.1, -0.05) is 0 Å². The van der Waals surface area contributed by atoms with E-state index >= 15 is 0 Å². The minimum absolute atomic E-state index is 0.00417. The lowest BCUT2D eigenvalue weighted by atomic mass is 10.2. The second-order valence-electron chi connectivity index (χ2n) is 4.54. The highest BCUT2D eigenvalue weighted by Crippen LogP contribution is 2.17. The third-order valence-electron chi connectivity index (χ3n) is 2.93. The van der Waals surface area contributed by atoms with Crippen molar-refractivity contribution in [3.05, 3.63) is 63.3 Å². The molecule has 1 heterocycles. The number of hydrogen-bond acceptors (Lipinski definition) is 4. The highest BCUT2D eigenvalue weighted by molar-refractivity contribution is 14.1. The van der Waals surface area contributed by atoms with Crippen molar-refractivity contribution in [2.24, 2.45) is 0 Å². The summed E-state index contributed by atoms with van der Waals surface area (Å²) >= 11 is 2.23. The molecule has 22 heavy (non-hydrogen) atoms. The first kappa shape index (κ1) is 16.1. The fraction of sp³-hybridized carbons (Fsp3) is 0.125. The summed E-state index contributed by atoms with van der Waals surface area (Å²) in [4.78, 5) is 11.9. The van der Waals surface area contributed by atoms with E-state index in [4.69, 9.17) is 9.68 Å². The Kier molecular flexibility index (Phi) is 5.61. The van der Waals surface area contributed by atoms with Gasteiger partial charge in [-0.3, -0.25) is 4.79 Å². The van der Waals surface area contributed by atoms with Crippen LogP contribution >= 0.6 is 22.6 Å². The summed E-state index contributed by atoms with van der Waals surface area (Å²) in [6.45, 7) is 2.20. The Morgan fingerprint density at radius 1 is 1.45 bits per heavy atom. The molecule has 2 aromatic rings. The number of hydrogen-bond donors (Lipinski definition) is 2. The van der Waals surface area contributed by atoms with Crippen molar-refractivity contribution >= 4 is 34.2 Å². The fourth-order valence-corrected chi connectivity index (χ4v) is 2.41. The number of furan rings is 1. The molecular formula is C16H14IN3O2. The second kappa shape index (κ2) is 7.66. The van der Waals surface area contributed by atoms with Gasteiger partial charge in [0.1, 0.15) is 17.4 Å². The first-order chi connectivity index (χ1) is 10.6. The zero-order chi connectivity index (χ0) is 15.9. The topological polar surface area (TPSA) is 78.1 Å². The van der Waals surface area contributed by atoms with E-state index in [9.17, 15) is 4.79 Å². The molecule has 0 aliphatic rings. The van der Waals surface area contributed by atoms with Gasteiger partial charge >= 0.3 is 0 Å². The molecule has 1 aromatic heterocycles. The molecule has 0 radical (unpaired) electrons. The molecule has 112 valence electrons. The Labute approximate surface area is 142 Å². The zero-order valence-corrected chi connectivity index (χ0v) is 14.0. The predicted octanol–water partition coefficient (Wildman–Crippen LogP) is 3.33. The van der Waals surface area contributed by atoms with Crippen LogP contribution < -0.4 is 10.6 Å². The standard InChI is InChI=1S/C16H14IN3O2/c1-11-7-13(17)4-5-15(11)19-9-12(8-18)16(21)20-10-14-3-2-6-22-14/h2-7,9,19H,10H2,1H3,(H,20,21)/b12-9-. The Balaban J connectivity index is 2.00. The summed E-state index contributed by atoms with van der Waals surface area (Å²) in [6.07, 6.45) is 2.94. The summed E-state index contributed by atoms with van der Waals surface area (Å²) in [6, 6.07) is 11.3. The highest BCUT2D eigenvalue weighted by atomic mass is 127. The van der Waals surface area contributed by atoms with Crippen LogP contribution in [0.15, 0.2) is 52.8 Å². The molecule has 1 aromatic carbocycles. The van der Waals surface area contributed by atoms with E-state index in [1.54, 1.807) is 12.1 Å². The number of anilines is 1. The van der Waals surface area contributed by atoms with Gasteiger partial charge in [-0.05, 0) is 65.4 Å². The smallest absolute Gasteiger partial charge is 0.263 e. The third-order valence-corrected chi connectivity index (χ3v) is 3.60. The largest absolute Gasteiger partial charge is 0.467 e. The molecule has 0 aliphatic heterocycles. The van der Waals surface area contributed by atoms with Gasteiger partial charge in [0, 0.05) is 15.5 Å². The van der Waals surface area contributed by atoms with Gasteiger partial charge in [-0.2, -0.15) is 5.26 Å². The molecule has 6 heteroatoms. The lowest BCUT2D eigenvalue weighted by molar-refractivity contribution is -0.117. The van der Waals surface area contributed by atoms with Gasteiger partial charge in [-0.15, -0.1) is 0 Å². The number of nitrogens with zero attached hydrogens (tertiary/aromatic N) is 1. The molecule has 0 bridgehead atoms. The van der Waals surface area contributed by atoms with Crippen LogP contribution in [0.1, 0.15) is 11.3 Å². The minimum atomic E-state index is -0.449. The molecular weight excluding hydrogens is 393 g/mol. The molecule has 2 rings (SSSR count). The number of carbonyl (C=O) groups is 1. The quantitative estimate of drug-likeness (QED) is 0.453. The lowest BCUT2D eigenvalue weighted by Crippen LogP contribution is -2.24. The first-order valence-electron chi connectivity index (χ1n) is 6.53. The maximum absolute atomic E-state index is 11.9. The summed E-state index contributed by atoms with van der Waals surface area (Å²) in [7, 11) is 0. The van der Waals surface area contributed by atoms with Crippen LogP contribution in [0, 0.1) is 21.8 Å². The van der Waals surface area contributed by atoms with E-state index in [1.807, 2.05) is 31.2 Å². The molecule has 0 unspecified atom stereocenters. The van der Waals surface area contributed by atoms with Gasteiger partial charge in [0.05, 0.1) is 12.8 Å². The van der Waals surface area contributed by atoms with Gasteiger partial charge in [-0.25, -0.2) is 0 Å². The molecule has 5 nitrogen and oxygen atoms in total. The van der Waals surface area contributed by atoms with Crippen molar-refractivity contribution in [2.45, 2.75) is 13.5 Å². The molecule has 1 amide bonds. The molecule has 2 N–H and O–H groups in total. The van der Waals surface area contributed by atoms with E-state index in [1.165, 1.54) is 12.5 Å². The summed E-state index contributed by atoms with van der Waals surface area (Å²) in [5.74, 6) is 0.182. The molecule has 0 aliphatic carbocycles. The van der Waals surface area contributed by atoms with E-state index in [-0.39, 0.29) is 12.1 Å². The molecule has 0 spiro atoms. The average Bonchev–Trinajstić information content (AvgIpc) is 3.01. The van der Waals surface area contributed by atoms with Crippen LogP contribution in [0.3, 0.4) is 0 Å². The zero-order valence-electron chi connectivity index (χ0n) is 11.9. The van der Waals surface area contributed by atoms with Crippen LogP contribution in [0.5, 0.6) is 0 Å². The summed E-state index contributed by atoms with van der Waals surface area (Å²) in [5.41, 5.74) is 1.90. The van der Waals surface area contributed by atoms with E-state index < -0.39 is 5.91 Å². The normalized spacial score (nSPS) is 10.9. The first-order valence-corrected chi connectivity index (χ1v) is 7.61. The molecule has 0 fully saturated rings. The van der Waals surface area contributed by atoms with Crippen LogP contribution in [0.4, 0.5) is 5.69 Å². The maximum atomic E-state index is 11.9. The number of carbonyl (C=O) groups excluding carboxylic acids is 1. The fourth-order valence-electron chi connectivity index (χ4n) is 1.76. The number of benzene rings is 1. The molecule has 0 saturated heterocycles. The molecule has 0 atom stereocenters. The van der Waals surface area contributed by atoms with Gasteiger partial charge < -0.3 is 15.1 Å². The second-order valence-corrected chi connectivity index (χ2v) is 5.78. The van der Waals surface area contributed by atoms with Crippen molar-refractivity contribution < 1.29 is 9.21 Å². The third kappa shape index (κ3) is 4.36. The van der Waals surface area contributed by atoms with Gasteiger partial charge in [0.25, 0.3) is 5.91 Å². The number of nitrogens with one attached hydrogen (secondary N) is 2. The van der Waals surface area contributed by atoms with E-state index in [0.29, 0.717) is 5.76 Å². The van der Waals surface area contributed by atoms with E-state index in [0.717, 1.165) is 14.8 Å². The number of amides is 1. The number of nitriles is 1. The van der Waals surface area contributed by atoms with Gasteiger partial charge in [0.15, 0.2) is 0 Å².